The molecule has 100 valence electrons. The monoisotopic (exact) mass is 258 g/mol. The Morgan fingerprint density at radius 3 is 2.79 bits per heavy atom. The number of H-pyrrole nitrogens is 1. The van der Waals surface area contributed by atoms with Crippen LogP contribution in [-0.4, -0.2) is 17.0 Å². The minimum atomic E-state index is -0.0561. The molecule has 2 rings (SSSR count). The number of para-hydroxylation sites is 2. The van der Waals surface area contributed by atoms with Crippen LogP contribution in [0.25, 0.3) is 0 Å². The summed E-state index contributed by atoms with van der Waals surface area (Å²) in [6, 6.07) is 9.34. The van der Waals surface area contributed by atoms with E-state index in [1.165, 1.54) is 0 Å². The molecule has 4 heteroatoms. The fourth-order valence-electron chi connectivity index (χ4n) is 1.77. The van der Waals surface area contributed by atoms with Crippen LogP contribution in [0.4, 0.5) is 5.69 Å². The standard InChI is InChI=1S/C15H18N2O2/c1-11(2)19-14-6-4-3-5-13(14)17-15(18)9-12-7-8-16-10-12/h3-8,10-11,16H,9H2,1-2H3,(H,17,18). The summed E-state index contributed by atoms with van der Waals surface area (Å²) < 4.78 is 5.66. The highest BCUT2D eigenvalue weighted by molar-refractivity contribution is 5.93. The third kappa shape index (κ3) is 3.88. The smallest absolute Gasteiger partial charge is 0.228 e. The van der Waals surface area contributed by atoms with E-state index in [9.17, 15) is 4.79 Å². The van der Waals surface area contributed by atoms with Gasteiger partial charge in [0, 0.05) is 12.4 Å². The summed E-state index contributed by atoms with van der Waals surface area (Å²) in [6.07, 6.45) is 4.04. The molecule has 1 aromatic carbocycles. The van der Waals surface area contributed by atoms with Gasteiger partial charge in [-0.05, 0) is 37.6 Å². The number of aromatic nitrogens is 1. The van der Waals surface area contributed by atoms with E-state index in [0.29, 0.717) is 17.9 Å². The second-order valence-electron chi connectivity index (χ2n) is 4.61. The maximum Gasteiger partial charge on any atom is 0.228 e. The molecule has 0 spiro atoms. The summed E-state index contributed by atoms with van der Waals surface area (Å²) >= 11 is 0. The Balaban J connectivity index is 2.04. The first-order chi connectivity index (χ1) is 9.15. The van der Waals surface area contributed by atoms with Crippen LogP contribution in [0.2, 0.25) is 0 Å². The molecule has 0 fully saturated rings. The number of nitrogens with one attached hydrogen (secondary N) is 2. The van der Waals surface area contributed by atoms with E-state index in [0.717, 1.165) is 5.56 Å². The molecule has 2 aromatic rings. The highest BCUT2D eigenvalue weighted by Crippen LogP contribution is 2.24. The van der Waals surface area contributed by atoms with E-state index in [2.05, 4.69) is 10.3 Å². The number of hydrogen-bond acceptors (Lipinski definition) is 2. The zero-order valence-corrected chi connectivity index (χ0v) is 11.1. The van der Waals surface area contributed by atoms with Gasteiger partial charge in [-0.1, -0.05) is 12.1 Å². The predicted octanol–water partition coefficient (Wildman–Crippen LogP) is 2.98. The lowest BCUT2D eigenvalue weighted by Crippen LogP contribution is -2.16. The minimum Gasteiger partial charge on any atom is -0.489 e. The van der Waals surface area contributed by atoms with Gasteiger partial charge >= 0.3 is 0 Å². The first-order valence-electron chi connectivity index (χ1n) is 6.32. The van der Waals surface area contributed by atoms with Crippen molar-refractivity contribution in [3.63, 3.8) is 0 Å². The average Bonchev–Trinajstić information content (AvgIpc) is 2.83. The molecule has 19 heavy (non-hydrogen) atoms. The Hall–Kier alpha value is -2.23. The van der Waals surface area contributed by atoms with Crippen molar-refractivity contribution in [1.82, 2.24) is 4.98 Å². The van der Waals surface area contributed by atoms with Crippen molar-refractivity contribution in [2.45, 2.75) is 26.4 Å². The van der Waals surface area contributed by atoms with Crippen LogP contribution in [-0.2, 0) is 11.2 Å². The number of rotatable bonds is 5. The largest absolute Gasteiger partial charge is 0.489 e. The van der Waals surface area contributed by atoms with Crippen LogP contribution in [0.1, 0.15) is 19.4 Å². The molecule has 0 aliphatic heterocycles. The minimum absolute atomic E-state index is 0.0561. The maximum absolute atomic E-state index is 11.9. The molecule has 0 bridgehead atoms. The maximum atomic E-state index is 11.9. The molecule has 1 aromatic heterocycles. The van der Waals surface area contributed by atoms with Crippen LogP contribution in [0.3, 0.4) is 0 Å². The fraction of sp³-hybridized carbons (Fsp3) is 0.267. The summed E-state index contributed by atoms with van der Waals surface area (Å²) in [5, 5.41) is 2.88. The number of aromatic amines is 1. The molecule has 0 saturated carbocycles. The first-order valence-corrected chi connectivity index (χ1v) is 6.32. The van der Waals surface area contributed by atoms with Crippen molar-refractivity contribution >= 4 is 11.6 Å². The van der Waals surface area contributed by atoms with Crippen LogP contribution in [0.15, 0.2) is 42.7 Å². The second kappa shape index (κ2) is 6.09. The van der Waals surface area contributed by atoms with Gasteiger partial charge in [0.15, 0.2) is 0 Å². The van der Waals surface area contributed by atoms with Crippen molar-refractivity contribution in [2.75, 3.05) is 5.32 Å². The molecular formula is C15H18N2O2. The first kappa shape index (κ1) is 13.2. The Bertz CT molecular complexity index is 533. The number of amides is 1. The quantitative estimate of drug-likeness (QED) is 0.866. The second-order valence-corrected chi connectivity index (χ2v) is 4.61. The van der Waals surface area contributed by atoms with Gasteiger partial charge < -0.3 is 15.0 Å². The van der Waals surface area contributed by atoms with E-state index in [-0.39, 0.29) is 12.0 Å². The van der Waals surface area contributed by atoms with Crippen molar-refractivity contribution in [3.8, 4) is 5.75 Å². The third-order valence-corrected chi connectivity index (χ3v) is 2.55. The van der Waals surface area contributed by atoms with E-state index >= 15 is 0 Å². The number of carbonyl (C=O) groups is 1. The summed E-state index contributed by atoms with van der Waals surface area (Å²) in [4.78, 5) is 14.9. The molecule has 4 nitrogen and oxygen atoms in total. The molecule has 0 aliphatic rings. The van der Waals surface area contributed by atoms with Crippen LogP contribution in [0, 0.1) is 0 Å². The zero-order valence-electron chi connectivity index (χ0n) is 11.1. The average molecular weight is 258 g/mol. The molecule has 1 heterocycles. The lowest BCUT2D eigenvalue weighted by atomic mass is 10.2. The van der Waals surface area contributed by atoms with E-state index < -0.39 is 0 Å². The lowest BCUT2D eigenvalue weighted by molar-refractivity contribution is -0.115. The molecular weight excluding hydrogens is 240 g/mol. The summed E-state index contributed by atoms with van der Waals surface area (Å²) in [5.74, 6) is 0.638. The molecule has 0 saturated heterocycles. The normalized spacial score (nSPS) is 10.5. The number of carbonyl (C=O) groups excluding carboxylic acids is 1. The summed E-state index contributed by atoms with van der Waals surface area (Å²) in [6.45, 7) is 3.91. The van der Waals surface area contributed by atoms with E-state index in [4.69, 9.17) is 4.74 Å². The van der Waals surface area contributed by atoms with Crippen molar-refractivity contribution in [1.29, 1.82) is 0 Å². The SMILES string of the molecule is CC(C)Oc1ccccc1NC(=O)Cc1cc[nH]c1. The molecule has 0 radical (unpaired) electrons. The van der Waals surface area contributed by atoms with Crippen LogP contribution in [0.5, 0.6) is 5.75 Å². The Morgan fingerprint density at radius 2 is 2.11 bits per heavy atom. The summed E-state index contributed by atoms with van der Waals surface area (Å²) in [7, 11) is 0. The number of ether oxygens (including phenoxy) is 1. The number of hydrogen-bond donors (Lipinski definition) is 2. The molecule has 0 atom stereocenters. The third-order valence-electron chi connectivity index (χ3n) is 2.55. The molecule has 1 amide bonds. The van der Waals surface area contributed by atoms with Crippen molar-refractivity contribution < 1.29 is 9.53 Å². The number of benzene rings is 1. The van der Waals surface area contributed by atoms with Gasteiger partial charge in [0.25, 0.3) is 0 Å². The fourth-order valence-corrected chi connectivity index (χ4v) is 1.77. The highest BCUT2D eigenvalue weighted by atomic mass is 16.5. The van der Waals surface area contributed by atoms with Gasteiger partial charge in [0.2, 0.25) is 5.91 Å². The number of anilines is 1. The molecule has 2 N–H and O–H groups in total. The van der Waals surface area contributed by atoms with Crippen LogP contribution >= 0.6 is 0 Å². The Labute approximate surface area is 112 Å². The van der Waals surface area contributed by atoms with Gasteiger partial charge in [-0.15, -0.1) is 0 Å². The van der Waals surface area contributed by atoms with Crippen LogP contribution < -0.4 is 10.1 Å². The topological polar surface area (TPSA) is 54.1 Å². The highest BCUT2D eigenvalue weighted by Gasteiger charge is 2.09. The van der Waals surface area contributed by atoms with Gasteiger partial charge in [-0.25, -0.2) is 0 Å². The molecule has 0 unspecified atom stereocenters. The Morgan fingerprint density at radius 1 is 1.32 bits per heavy atom. The summed E-state index contributed by atoms with van der Waals surface area (Å²) in [5.41, 5.74) is 1.66. The van der Waals surface area contributed by atoms with Gasteiger partial charge in [-0.3, -0.25) is 4.79 Å². The lowest BCUT2D eigenvalue weighted by Gasteiger charge is -2.14. The molecule has 0 aliphatic carbocycles. The van der Waals surface area contributed by atoms with Crippen molar-refractivity contribution in [3.05, 3.63) is 48.3 Å². The van der Waals surface area contributed by atoms with Gasteiger partial charge in [0.1, 0.15) is 5.75 Å². The van der Waals surface area contributed by atoms with E-state index in [1.54, 1.807) is 6.20 Å². The predicted molar refractivity (Wildman–Crippen MR) is 75.3 cm³/mol. The van der Waals surface area contributed by atoms with Gasteiger partial charge in [-0.2, -0.15) is 0 Å². The van der Waals surface area contributed by atoms with E-state index in [1.807, 2.05) is 50.4 Å². The van der Waals surface area contributed by atoms with Gasteiger partial charge in [0.05, 0.1) is 18.2 Å². The zero-order chi connectivity index (χ0) is 13.7. The Kier molecular flexibility index (Phi) is 4.23. The van der Waals surface area contributed by atoms with Crippen molar-refractivity contribution in [2.24, 2.45) is 0 Å².